The molecule has 0 spiro atoms. The summed E-state index contributed by atoms with van der Waals surface area (Å²) in [6.45, 7) is 3.52. The molecule has 2 rings (SSSR count). The van der Waals surface area contributed by atoms with Crippen LogP contribution in [-0.4, -0.2) is 43.5 Å². The molecule has 0 unspecified atom stereocenters. The number of ether oxygens (including phenoxy) is 2. The van der Waals surface area contributed by atoms with Gasteiger partial charge in [0, 0.05) is 13.1 Å². The quantitative estimate of drug-likeness (QED) is 0.518. The Balaban J connectivity index is 2.16. The molecule has 0 aliphatic carbocycles. The number of aromatic nitrogens is 5. The summed E-state index contributed by atoms with van der Waals surface area (Å²) in [6, 6.07) is 0. The van der Waals surface area contributed by atoms with Crippen LogP contribution in [0.2, 0.25) is 0 Å². The van der Waals surface area contributed by atoms with Crippen LogP contribution < -0.4 is 5.69 Å². The predicted octanol–water partition coefficient (Wildman–Crippen LogP) is 1.07. The normalized spacial score (nSPS) is 12.1. The van der Waals surface area contributed by atoms with E-state index in [-0.39, 0.29) is 19.2 Å². The minimum atomic E-state index is -0.508. The highest BCUT2D eigenvalue weighted by Crippen LogP contribution is 2.18. The molecule has 2 aromatic heterocycles. The van der Waals surface area contributed by atoms with Gasteiger partial charge in [0.15, 0.2) is 5.82 Å². The average Bonchev–Trinajstić information content (AvgIpc) is 3.03. The Kier molecular flexibility index (Phi) is 5.99. The van der Waals surface area contributed by atoms with Crippen molar-refractivity contribution >= 4 is 21.9 Å². The third kappa shape index (κ3) is 4.45. The van der Waals surface area contributed by atoms with Gasteiger partial charge in [0.25, 0.3) is 0 Å². The Bertz CT molecular complexity index is 716. The Morgan fingerprint density at radius 2 is 2.22 bits per heavy atom. The topological polar surface area (TPSA) is 101 Å². The van der Waals surface area contributed by atoms with Crippen molar-refractivity contribution in [1.82, 2.24) is 24.3 Å². The van der Waals surface area contributed by atoms with E-state index in [2.05, 4.69) is 31.0 Å². The van der Waals surface area contributed by atoms with E-state index in [4.69, 9.17) is 9.47 Å². The molecule has 124 valence electrons. The summed E-state index contributed by atoms with van der Waals surface area (Å²) in [5.41, 5.74) is -0.474. The van der Waals surface area contributed by atoms with E-state index in [1.165, 1.54) is 28.8 Å². The molecule has 23 heavy (non-hydrogen) atoms. The Hall–Kier alpha value is -2.07. The standard InChI is InChI=1S/C13H16BrN5O4/c1-3-11(23-5-4-22-9(2)20)18-6-10(14)12(17-13(18)21)19-8-15-7-16-19/h6-8,11H,3-5H2,1-2H3/t11-/m1/s1. The highest BCUT2D eigenvalue weighted by Gasteiger charge is 2.15. The molecular formula is C13H16BrN5O4. The monoisotopic (exact) mass is 385 g/mol. The van der Waals surface area contributed by atoms with Gasteiger partial charge in [0.05, 0.1) is 11.1 Å². The van der Waals surface area contributed by atoms with Crippen LogP contribution in [0.3, 0.4) is 0 Å². The van der Waals surface area contributed by atoms with Crippen molar-refractivity contribution in [3.8, 4) is 5.82 Å². The molecule has 0 radical (unpaired) electrons. The molecule has 2 aromatic rings. The minimum absolute atomic E-state index is 0.131. The van der Waals surface area contributed by atoms with Gasteiger partial charge in [-0.3, -0.25) is 9.36 Å². The molecule has 0 amide bonds. The first-order chi connectivity index (χ1) is 11.0. The van der Waals surface area contributed by atoms with Crippen LogP contribution in [0.5, 0.6) is 0 Å². The molecule has 0 aliphatic rings. The van der Waals surface area contributed by atoms with E-state index >= 15 is 0 Å². The number of nitrogens with zero attached hydrogens (tertiary/aromatic N) is 5. The van der Waals surface area contributed by atoms with Gasteiger partial charge in [-0.15, -0.1) is 0 Å². The average molecular weight is 386 g/mol. The first-order valence-corrected chi connectivity index (χ1v) is 7.71. The highest BCUT2D eigenvalue weighted by molar-refractivity contribution is 9.10. The molecule has 9 nitrogen and oxygen atoms in total. The van der Waals surface area contributed by atoms with E-state index in [1.807, 2.05) is 6.92 Å². The Morgan fingerprint density at radius 3 is 2.83 bits per heavy atom. The number of halogens is 1. The zero-order valence-corrected chi connectivity index (χ0v) is 14.3. The van der Waals surface area contributed by atoms with Gasteiger partial charge in [0.2, 0.25) is 0 Å². The molecule has 0 saturated carbocycles. The second-order valence-electron chi connectivity index (χ2n) is 4.52. The van der Waals surface area contributed by atoms with Crippen LogP contribution in [0, 0.1) is 0 Å². The minimum Gasteiger partial charge on any atom is -0.463 e. The van der Waals surface area contributed by atoms with E-state index in [9.17, 15) is 9.59 Å². The smallest absolute Gasteiger partial charge is 0.351 e. The molecule has 0 fully saturated rings. The zero-order chi connectivity index (χ0) is 16.8. The van der Waals surface area contributed by atoms with Gasteiger partial charge in [-0.1, -0.05) is 6.92 Å². The van der Waals surface area contributed by atoms with E-state index in [0.717, 1.165) is 0 Å². The molecule has 2 heterocycles. The zero-order valence-electron chi connectivity index (χ0n) is 12.7. The SMILES string of the molecule is CC[C@@H](OCCOC(C)=O)n1cc(Br)c(-n2cncn2)nc1=O. The third-order valence-corrected chi connectivity index (χ3v) is 3.44. The molecule has 0 aliphatic heterocycles. The van der Waals surface area contributed by atoms with E-state index in [0.29, 0.717) is 16.7 Å². The second-order valence-corrected chi connectivity index (χ2v) is 5.37. The summed E-state index contributed by atoms with van der Waals surface area (Å²) < 4.78 is 13.7. The van der Waals surface area contributed by atoms with Gasteiger partial charge in [0.1, 0.15) is 25.5 Å². The lowest BCUT2D eigenvalue weighted by Crippen LogP contribution is -2.30. The number of esters is 1. The maximum absolute atomic E-state index is 12.2. The molecule has 1 atom stereocenters. The van der Waals surface area contributed by atoms with Gasteiger partial charge < -0.3 is 9.47 Å². The fourth-order valence-electron chi connectivity index (χ4n) is 1.89. The molecule has 10 heteroatoms. The second kappa shape index (κ2) is 7.97. The Labute approximate surface area is 140 Å². The lowest BCUT2D eigenvalue weighted by Gasteiger charge is -2.19. The van der Waals surface area contributed by atoms with Crippen LogP contribution in [0.1, 0.15) is 26.5 Å². The maximum atomic E-state index is 12.2. The lowest BCUT2D eigenvalue weighted by molar-refractivity contribution is -0.144. The number of carbonyl (C=O) groups excluding carboxylic acids is 1. The fraction of sp³-hybridized carbons (Fsp3) is 0.462. The van der Waals surface area contributed by atoms with E-state index in [1.54, 1.807) is 6.20 Å². The van der Waals surface area contributed by atoms with Crippen LogP contribution >= 0.6 is 15.9 Å². The highest BCUT2D eigenvalue weighted by atomic mass is 79.9. The maximum Gasteiger partial charge on any atom is 0.351 e. The summed E-state index contributed by atoms with van der Waals surface area (Å²) in [5, 5.41) is 3.95. The van der Waals surface area contributed by atoms with Gasteiger partial charge in [-0.25, -0.2) is 14.5 Å². The molecule has 0 saturated heterocycles. The Morgan fingerprint density at radius 1 is 1.43 bits per heavy atom. The van der Waals surface area contributed by atoms with Gasteiger partial charge in [-0.05, 0) is 22.4 Å². The third-order valence-electron chi connectivity index (χ3n) is 2.88. The first kappa shape index (κ1) is 17.3. The molecule has 0 bridgehead atoms. The summed E-state index contributed by atoms with van der Waals surface area (Å²) in [6.07, 6.45) is 4.44. The number of hydrogen-bond acceptors (Lipinski definition) is 7. The van der Waals surface area contributed by atoms with Crippen molar-refractivity contribution in [2.45, 2.75) is 26.5 Å². The number of carbonyl (C=O) groups is 1. The van der Waals surface area contributed by atoms with Crippen molar-refractivity contribution in [1.29, 1.82) is 0 Å². The van der Waals surface area contributed by atoms with Crippen LogP contribution in [-0.2, 0) is 14.3 Å². The van der Waals surface area contributed by atoms with E-state index < -0.39 is 11.9 Å². The van der Waals surface area contributed by atoms with Gasteiger partial charge in [-0.2, -0.15) is 10.1 Å². The lowest BCUT2D eigenvalue weighted by atomic mass is 10.4. The van der Waals surface area contributed by atoms with Crippen LogP contribution in [0.4, 0.5) is 0 Å². The summed E-state index contributed by atoms with van der Waals surface area (Å²) in [7, 11) is 0. The molecule has 0 N–H and O–H groups in total. The summed E-state index contributed by atoms with van der Waals surface area (Å²) in [4.78, 5) is 30.8. The molecule has 0 aromatic carbocycles. The summed E-state index contributed by atoms with van der Waals surface area (Å²) in [5.74, 6) is -0.0288. The van der Waals surface area contributed by atoms with Crippen molar-refractivity contribution in [3.63, 3.8) is 0 Å². The summed E-state index contributed by atoms with van der Waals surface area (Å²) >= 11 is 3.37. The number of hydrogen-bond donors (Lipinski definition) is 0. The van der Waals surface area contributed by atoms with Crippen LogP contribution in [0.25, 0.3) is 5.82 Å². The fourth-order valence-corrected chi connectivity index (χ4v) is 2.38. The first-order valence-electron chi connectivity index (χ1n) is 6.91. The van der Waals surface area contributed by atoms with Crippen molar-refractivity contribution in [3.05, 3.63) is 33.8 Å². The van der Waals surface area contributed by atoms with Crippen molar-refractivity contribution in [2.75, 3.05) is 13.2 Å². The largest absolute Gasteiger partial charge is 0.463 e. The van der Waals surface area contributed by atoms with Gasteiger partial charge >= 0.3 is 11.7 Å². The number of rotatable bonds is 7. The predicted molar refractivity (Wildman–Crippen MR) is 83.0 cm³/mol. The van der Waals surface area contributed by atoms with Crippen molar-refractivity contribution in [2.24, 2.45) is 0 Å². The van der Waals surface area contributed by atoms with Crippen LogP contribution in [0.15, 0.2) is 28.1 Å². The van der Waals surface area contributed by atoms with Crippen molar-refractivity contribution < 1.29 is 14.3 Å². The molecular weight excluding hydrogens is 370 g/mol.